The summed E-state index contributed by atoms with van der Waals surface area (Å²) >= 11 is 0. The molecule has 0 spiro atoms. The van der Waals surface area contributed by atoms with E-state index >= 15 is 0 Å². The number of rotatable bonds is 6. The van der Waals surface area contributed by atoms with Crippen LogP contribution in [0.5, 0.6) is 0 Å². The second kappa shape index (κ2) is 7.13. The van der Waals surface area contributed by atoms with Crippen molar-refractivity contribution in [2.45, 2.75) is 20.8 Å². The van der Waals surface area contributed by atoms with Crippen molar-refractivity contribution in [3.05, 3.63) is 35.8 Å². The molecule has 2 rings (SSSR count). The summed E-state index contributed by atoms with van der Waals surface area (Å²) in [6.07, 6.45) is 3.54. The van der Waals surface area contributed by atoms with Gasteiger partial charge in [0, 0.05) is 49.4 Å². The second-order valence-corrected chi connectivity index (χ2v) is 4.94. The highest BCUT2D eigenvalue weighted by atomic mass is 16.5. The lowest BCUT2D eigenvalue weighted by molar-refractivity contribution is 0.154. The molecule has 21 heavy (non-hydrogen) atoms. The number of aryl methyl sites for hydroxylation is 1. The van der Waals surface area contributed by atoms with E-state index in [4.69, 9.17) is 9.72 Å². The molecule has 0 saturated heterocycles. The summed E-state index contributed by atoms with van der Waals surface area (Å²) in [4.78, 5) is 15.5. The van der Waals surface area contributed by atoms with Crippen molar-refractivity contribution >= 4 is 5.82 Å². The molecule has 5 heteroatoms. The monoisotopic (exact) mass is 286 g/mol. The molecule has 2 heterocycles. The Kier molecular flexibility index (Phi) is 5.22. The Morgan fingerprint density at radius 2 is 2.05 bits per heavy atom. The van der Waals surface area contributed by atoms with Crippen LogP contribution in [0.25, 0.3) is 11.4 Å². The predicted molar refractivity (Wildman–Crippen MR) is 84.5 cm³/mol. The van der Waals surface area contributed by atoms with E-state index in [-0.39, 0.29) is 0 Å². The lowest BCUT2D eigenvalue weighted by Gasteiger charge is -2.21. The third-order valence-corrected chi connectivity index (χ3v) is 3.42. The van der Waals surface area contributed by atoms with Gasteiger partial charge in [0.05, 0.1) is 6.61 Å². The molecule has 0 N–H and O–H groups in total. The van der Waals surface area contributed by atoms with Crippen molar-refractivity contribution in [1.82, 2.24) is 15.0 Å². The molecule has 5 nitrogen and oxygen atoms in total. The largest absolute Gasteiger partial charge is 0.380 e. The number of hydrogen-bond acceptors (Lipinski definition) is 5. The van der Waals surface area contributed by atoms with Gasteiger partial charge in [-0.1, -0.05) is 0 Å². The SMILES string of the molecule is CCOCCN(C)c1nc(-c2cccnc2)nc(C)c1C. The number of likely N-dealkylation sites (N-methyl/N-ethyl adjacent to an activating group) is 1. The van der Waals surface area contributed by atoms with E-state index in [0.717, 1.165) is 35.8 Å². The molecule has 2 aromatic heterocycles. The number of ether oxygens (including phenoxy) is 1. The summed E-state index contributed by atoms with van der Waals surface area (Å²) < 4.78 is 5.42. The third kappa shape index (κ3) is 3.76. The summed E-state index contributed by atoms with van der Waals surface area (Å²) in [5.74, 6) is 1.66. The van der Waals surface area contributed by atoms with Crippen LogP contribution in [0.15, 0.2) is 24.5 Å². The average Bonchev–Trinajstić information content (AvgIpc) is 2.51. The zero-order valence-corrected chi connectivity index (χ0v) is 13.1. The number of hydrogen-bond donors (Lipinski definition) is 0. The fourth-order valence-electron chi connectivity index (χ4n) is 2.06. The molecule has 0 saturated carbocycles. The van der Waals surface area contributed by atoms with Gasteiger partial charge >= 0.3 is 0 Å². The number of aromatic nitrogens is 3. The fourth-order valence-corrected chi connectivity index (χ4v) is 2.06. The molecule has 2 aromatic rings. The Morgan fingerprint density at radius 1 is 1.24 bits per heavy atom. The van der Waals surface area contributed by atoms with Crippen LogP contribution < -0.4 is 4.90 Å². The van der Waals surface area contributed by atoms with E-state index in [9.17, 15) is 0 Å². The molecule has 0 aliphatic carbocycles. The minimum absolute atomic E-state index is 0.692. The molecule has 0 fully saturated rings. The van der Waals surface area contributed by atoms with Gasteiger partial charge in [0.25, 0.3) is 0 Å². The van der Waals surface area contributed by atoms with Crippen molar-refractivity contribution in [1.29, 1.82) is 0 Å². The molecule has 0 atom stereocenters. The predicted octanol–water partition coefficient (Wildman–Crippen LogP) is 2.63. The van der Waals surface area contributed by atoms with E-state index < -0.39 is 0 Å². The first kappa shape index (κ1) is 15.4. The van der Waals surface area contributed by atoms with Gasteiger partial charge in [-0.05, 0) is 32.9 Å². The van der Waals surface area contributed by atoms with Gasteiger partial charge < -0.3 is 9.64 Å². The van der Waals surface area contributed by atoms with Crippen LogP contribution in [0, 0.1) is 13.8 Å². The molecular formula is C16H22N4O. The van der Waals surface area contributed by atoms with Gasteiger partial charge in [-0.2, -0.15) is 0 Å². The molecule has 0 aromatic carbocycles. The summed E-state index contributed by atoms with van der Waals surface area (Å²) in [5, 5.41) is 0. The molecule has 0 radical (unpaired) electrons. The van der Waals surface area contributed by atoms with Crippen LogP contribution in [0.1, 0.15) is 18.2 Å². The van der Waals surface area contributed by atoms with Crippen LogP contribution in [0.4, 0.5) is 5.82 Å². The quantitative estimate of drug-likeness (QED) is 0.764. The zero-order chi connectivity index (χ0) is 15.2. The van der Waals surface area contributed by atoms with Crippen LogP contribution in [0.3, 0.4) is 0 Å². The maximum absolute atomic E-state index is 5.42. The topological polar surface area (TPSA) is 51.1 Å². The Hall–Kier alpha value is -2.01. The minimum atomic E-state index is 0.692. The molecular weight excluding hydrogens is 264 g/mol. The Balaban J connectivity index is 2.30. The standard InChI is InChI=1S/C16H22N4O/c1-5-21-10-9-20(4)16-12(2)13(3)18-15(19-16)14-7-6-8-17-11-14/h6-8,11H,5,9-10H2,1-4H3. The van der Waals surface area contributed by atoms with Crippen LogP contribution in [-0.4, -0.2) is 41.8 Å². The summed E-state index contributed by atoms with van der Waals surface area (Å²) in [5.41, 5.74) is 3.02. The summed E-state index contributed by atoms with van der Waals surface area (Å²) in [6.45, 7) is 8.29. The van der Waals surface area contributed by atoms with Gasteiger partial charge in [0.2, 0.25) is 0 Å². The van der Waals surface area contributed by atoms with Crippen molar-refractivity contribution < 1.29 is 4.74 Å². The van der Waals surface area contributed by atoms with E-state index in [0.29, 0.717) is 12.4 Å². The van der Waals surface area contributed by atoms with Crippen molar-refractivity contribution in [2.75, 3.05) is 31.7 Å². The van der Waals surface area contributed by atoms with Crippen LogP contribution in [0.2, 0.25) is 0 Å². The molecule has 0 amide bonds. The maximum Gasteiger partial charge on any atom is 0.163 e. The molecule has 0 unspecified atom stereocenters. The lowest BCUT2D eigenvalue weighted by atomic mass is 10.2. The Bertz CT molecular complexity index is 586. The molecule has 0 aliphatic heterocycles. The normalized spacial score (nSPS) is 10.7. The van der Waals surface area contributed by atoms with Gasteiger partial charge in [0.15, 0.2) is 5.82 Å². The summed E-state index contributed by atoms with van der Waals surface area (Å²) in [6, 6.07) is 3.87. The van der Waals surface area contributed by atoms with Gasteiger partial charge in [-0.25, -0.2) is 9.97 Å². The highest BCUT2D eigenvalue weighted by Gasteiger charge is 2.13. The zero-order valence-electron chi connectivity index (χ0n) is 13.1. The van der Waals surface area contributed by atoms with E-state index in [1.54, 1.807) is 12.4 Å². The first-order valence-electron chi connectivity index (χ1n) is 7.18. The van der Waals surface area contributed by atoms with E-state index in [1.165, 1.54) is 0 Å². The highest BCUT2D eigenvalue weighted by Crippen LogP contribution is 2.23. The number of nitrogens with zero attached hydrogens (tertiary/aromatic N) is 4. The smallest absolute Gasteiger partial charge is 0.163 e. The van der Waals surface area contributed by atoms with Crippen LogP contribution in [-0.2, 0) is 4.74 Å². The van der Waals surface area contributed by atoms with Crippen LogP contribution >= 0.6 is 0 Å². The average molecular weight is 286 g/mol. The lowest BCUT2D eigenvalue weighted by Crippen LogP contribution is -2.25. The highest BCUT2D eigenvalue weighted by molar-refractivity contribution is 5.59. The number of pyridine rings is 1. The van der Waals surface area contributed by atoms with Gasteiger partial charge in [-0.15, -0.1) is 0 Å². The summed E-state index contributed by atoms with van der Waals surface area (Å²) in [7, 11) is 2.03. The minimum Gasteiger partial charge on any atom is -0.380 e. The van der Waals surface area contributed by atoms with Gasteiger partial charge in [-0.3, -0.25) is 4.98 Å². The first-order chi connectivity index (χ1) is 10.1. The Morgan fingerprint density at radius 3 is 2.71 bits per heavy atom. The third-order valence-electron chi connectivity index (χ3n) is 3.42. The van der Waals surface area contributed by atoms with Gasteiger partial charge in [0.1, 0.15) is 5.82 Å². The first-order valence-corrected chi connectivity index (χ1v) is 7.18. The van der Waals surface area contributed by atoms with E-state index in [2.05, 4.69) is 21.8 Å². The molecule has 0 bridgehead atoms. The fraction of sp³-hybridized carbons (Fsp3) is 0.438. The van der Waals surface area contributed by atoms with Crippen molar-refractivity contribution in [3.63, 3.8) is 0 Å². The number of anilines is 1. The van der Waals surface area contributed by atoms with Crippen molar-refractivity contribution in [3.8, 4) is 11.4 Å². The van der Waals surface area contributed by atoms with Crippen molar-refractivity contribution in [2.24, 2.45) is 0 Å². The van der Waals surface area contributed by atoms with E-state index in [1.807, 2.05) is 33.0 Å². The Labute approximate surface area is 126 Å². The molecule has 0 aliphatic rings. The maximum atomic E-state index is 5.42. The second-order valence-electron chi connectivity index (χ2n) is 4.94. The molecule has 112 valence electrons.